The van der Waals surface area contributed by atoms with Gasteiger partial charge < -0.3 is 9.84 Å². The second kappa shape index (κ2) is 9.52. The van der Waals surface area contributed by atoms with E-state index in [1.165, 1.54) is 0 Å². The van der Waals surface area contributed by atoms with Crippen LogP contribution in [0.1, 0.15) is 40.8 Å². The van der Waals surface area contributed by atoms with Crippen molar-refractivity contribution in [1.82, 2.24) is 4.98 Å². The van der Waals surface area contributed by atoms with E-state index < -0.39 is 20.9 Å². The highest BCUT2D eigenvalue weighted by molar-refractivity contribution is 7.90. The van der Waals surface area contributed by atoms with Crippen LogP contribution in [0.5, 0.6) is 0 Å². The first-order valence-corrected chi connectivity index (χ1v) is 14.4. The predicted octanol–water partition coefficient (Wildman–Crippen LogP) is 5.21. The van der Waals surface area contributed by atoms with Gasteiger partial charge in [-0.05, 0) is 59.7 Å². The number of halogens is 1. The van der Waals surface area contributed by atoms with Gasteiger partial charge >= 0.3 is 0 Å². The third-order valence-corrected chi connectivity index (χ3v) is 9.64. The summed E-state index contributed by atoms with van der Waals surface area (Å²) in [6, 6.07) is 17.6. The topological polar surface area (TPSA) is 103 Å². The molecule has 2 aromatic heterocycles. The van der Waals surface area contributed by atoms with Crippen molar-refractivity contribution in [3.8, 4) is 11.3 Å². The summed E-state index contributed by atoms with van der Waals surface area (Å²) in [6.45, 7) is 1.90. The number of sulfonamides is 1. The number of methoxy groups -OCH3 is 1. The number of primary sulfonamides is 1. The Hall–Kier alpha value is -2.33. The molecule has 0 spiro atoms. The average molecular weight is 543 g/mol. The van der Waals surface area contributed by atoms with Gasteiger partial charge in [0.1, 0.15) is 5.60 Å². The summed E-state index contributed by atoms with van der Waals surface area (Å²) < 4.78 is 30.0. The Labute approximate surface area is 219 Å². The molecule has 0 aliphatic heterocycles. The summed E-state index contributed by atoms with van der Waals surface area (Å²) in [5, 5.41) is 17.4. The Morgan fingerprint density at radius 2 is 2.00 bits per heavy atom. The molecule has 1 aliphatic carbocycles. The standard InChI is InChI=1S/C27H27ClN2O4S2/c1-27(31,15-34-2)17-9-10-30-24(12-17)20-7-3-5-16-11-18(35-26(16)20)13-21-19(6-4-8-23(21)28)22-14-25(22)36(29,32)33/h3-12,22,25,31H,13-15H2,1-2H3,(H2,29,32,33). The van der Waals surface area contributed by atoms with E-state index in [4.69, 9.17) is 21.5 Å². The SMILES string of the molecule is COCC(C)(O)c1ccnc(-c2cccc3cc(Cc4c(Cl)cccc4C4CC4S(N)(=O)=O)sc23)c1. The van der Waals surface area contributed by atoms with Gasteiger partial charge in [0.15, 0.2) is 0 Å². The summed E-state index contributed by atoms with van der Waals surface area (Å²) >= 11 is 8.27. The summed E-state index contributed by atoms with van der Waals surface area (Å²) in [7, 11) is -2.01. The van der Waals surface area contributed by atoms with Crippen LogP contribution in [0.25, 0.3) is 21.3 Å². The van der Waals surface area contributed by atoms with Gasteiger partial charge in [0.05, 0.1) is 17.6 Å². The van der Waals surface area contributed by atoms with E-state index in [1.807, 2.05) is 36.4 Å². The highest BCUT2D eigenvalue weighted by Gasteiger charge is 2.47. The Morgan fingerprint density at radius 3 is 2.72 bits per heavy atom. The molecule has 2 heterocycles. The molecule has 1 saturated carbocycles. The average Bonchev–Trinajstić information content (AvgIpc) is 3.53. The number of benzene rings is 2. The fourth-order valence-corrected chi connectivity index (χ4v) is 7.35. The molecule has 1 fully saturated rings. The van der Waals surface area contributed by atoms with Gasteiger partial charge in [-0.3, -0.25) is 4.98 Å². The van der Waals surface area contributed by atoms with Gasteiger partial charge in [0.2, 0.25) is 10.0 Å². The van der Waals surface area contributed by atoms with Gasteiger partial charge in [-0.15, -0.1) is 11.3 Å². The minimum atomic E-state index is -3.58. The zero-order valence-electron chi connectivity index (χ0n) is 19.9. The number of hydrogen-bond acceptors (Lipinski definition) is 6. The molecule has 9 heteroatoms. The minimum Gasteiger partial charge on any atom is -0.383 e. The van der Waals surface area contributed by atoms with Crippen molar-refractivity contribution in [2.75, 3.05) is 13.7 Å². The zero-order valence-corrected chi connectivity index (χ0v) is 22.3. The summed E-state index contributed by atoms with van der Waals surface area (Å²) in [5.41, 5.74) is 3.26. The molecule has 0 bridgehead atoms. The van der Waals surface area contributed by atoms with Crippen LogP contribution < -0.4 is 5.14 Å². The summed E-state index contributed by atoms with van der Waals surface area (Å²) in [6.07, 6.45) is 2.82. The molecule has 3 N–H and O–H groups in total. The third kappa shape index (κ3) is 4.94. The number of aromatic nitrogens is 1. The fraction of sp³-hybridized carbons (Fsp3) is 0.296. The van der Waals surface area contributed by atoms with Crippen LogP contribution in [-0.4, -0.2) is 37.5 Å². The van der Waals surface area contributed by atoms with Crippen molar-refractivity contribution in [1.29, 1.82) is 0 Å². The van der Waals surface area contributed by atoms with Crippen LogP contribution in [0.2, 0.25) is 5.02 Å². The Morgan fingerprint density at radius 1 is 1.22 bits per heavy atom. The molecule has 2 aromatic carbocycles. The number of rotatable bonds is 8. The highest BCUT2D eigenvalue weighted by Crippen LogP contribution is 2.48. The lowest BCUT2D eigenvalue weighted by Gasteiger charge is -2.23. The molecule has 6 nitrogen and oxygen atoms in total. The number of aliphatic hydroxyl groups is 1. The van der Waals surface area contributed by atoms with Crippen molar-refractivity contribution >= 4 is 43.0 Å². The molecule has 3 unspecified atom stereocenters. The molecule has 0 radical (unpaired) electrons. The molecule has 5 rings (SSSR count). The number of nitrogens with zero attached hydrogens (tertiary/aromatic N) is 1. The Balaban J connectivity index is 1.51. The Bertz CT molecular complexity index is 1550. The number of fused-ring (bicyclic) bond motifs is 1. The van der Waals surface area contributed by atoms with Crippen molar-refractivity contribution in [2.24, 2.45) is 5.14 Å². The molecular weight excluding hydrogens is 516 g/mol. The number of hydrogen-bond donors (Lipinski definition) is 2. The van der Waals surface area contributed by atoms with E-state index in [1.54, 1.807) is 37.6 Å². The monoisotopic (exact) mass is 542 g/mol. The first kappa shape index (κ1) is 25.3. The Kier molecular flexibility index (Phi) is 6.70. The van der Waals surface area contributed by atoms with Gasteiger partial charge in [-0.25, -0.2) is 13.6 Å². The second-order valence-corrected chi connectivity index (χ2v) is 12.9. The second-order valence-electron chi connectivity index (χ2n) is 9.53. The van der Waals surface area contributed by atoms with E-state index in [9.17, 15) is 13.5 Å². The minimum absolute atomic E-state index is 0.120. The number of pyridine rings is 1. The molecule has 188 valence electrons. The lowest BCUT2D eigenvalue weighted by Crippen LogP contribution is -2.27. The third-order valence-electron chi connectivity index (χ3n) is 6.74. The molecular formula is C27H27ClN2O4S2. The van der Waals surface area contributed by atoms with Crippen molar-refractivity contribution in [3.63, 3.8) is 0 Å². The van der Waals surface area contributed by atoms with Crippen LogP contribution in [0.15, 0.2) is 60.8 Å². The largest absolute Gasteiger partial charge is 0.383 e. The van der Waals surface area contributed by atoms with E-state index in [0.717, 1.165) is 42.9 Å². The van der Waals surface area contributed by atoms with E-state index >= 15 is 0 Å². The van der Waals surface area contributed by atoms with Gasteiger partial charge in [-0.2, -0.15) is 0 Å². The quantitative estimate of drug-likeness (QED) is 0.318. The normalized spacial score (nSPS) is 19.4. The summed E-state index contributed by atoms with van der Waals surface area (Å²) in [4.78, 5) is 5.70. The molecule has 36 heavy (non-hydrogen) atoms. The first-order valence-electron chi connectivity index (χ1n) is 11.6. The highest BCUT2D eigenvalue weighted by atomic mass is 35.5. The maximum Gasteiger partial charge on any atom is 0.212 e. The number of ether oxygens (including phenoxy) is 1. The molecule has 4 aromatic rings. The number of nitrogens with two attached hydrogens (primary N) is 1. The van der Waals surface area contributed by atoms with E-state index in [-0.39, 0.29) is 12.5 Å². The van der Waals surface area contributed by atoms with Crippen molar-refractivity contribution in [3.05, 3.63) is 87.4 Å². The molecule has 0 amide bonds. The lowest BCUT2D eigenvalue weighted by molar-refractivity contribution is -0.0208. The van der Waals surface area contributed by atoms with Crippen LogP contribution in [0, 0.1) is 0 Å². The smallest absolute Gasteiger partial charge is 0.212 e. The lowest BCUT2D eigenvalue weighted by atomic mass is 9.96. The fourth-order valence-electron chi connectivity index (χ4n) is 4.83. The van der Waals surface area contributed by atoms with Gasteiger partial charge in [-0.1, -0.05) is 41.9 Å². The van der Waals surface area contributed by atoms with Crippen molar-refractivity contribution in [2.45, 2.75) is 36.5 Å². The van der Waals surface area contributed by atoms with Gasteiger partial charge in [0, 0.05) is 45.8 Å². The van der Waals surface area contributed by atoms with Crippen LogP contribution in [-0.2, 0) is 26.8 Å². The first-order chi connectivity index (χ1) is 17.1. The maximum absolute atomic E-state index is 11.9. The van der Waals surface area contributed by atoms with Gasteiger partial charge in [0.25, 0.3) is 0 Å². The van der Waals surface area contributed by atoms with Crippen molar-refractivity contribution < 1.29 is 18.3 Å². The van der Waals surface area contributed by atoms with E-state index in [2.05, 4.69) is 17.1 Å². The zero-order chi connectivity index (χ0) is 25.7. The van der Waals surface area contributed by atoms with E-state index in [0.29, 0.717) is 17.9 Å². The maximum atomic E-state index is 11.9. The molecule has 3 atom stereocenters. The summed E-state index contributed by atoms with van der Waals surface area (Å²) in [5.74, 6) is -0.120. The predicted molar refractivity (Wildman–Crippen MR) is 145 cm³/mol. The van der Waals surface area contributed by atoms with Crippen LogP contribution in [0.3, 0.4) is 0 Å². The molecule has 0 saturated heterocycles. The van der Waals surface area contributed by atoms with Crippen LogP contribution >= 0.6 is 22.9 Å². The van der Waals surface area contributed by atoms with Crippen LogP contribution in [0.4, 0.5) is 0 Å². The number of thiophene rings is 1. The molecule has 1 aliphatic rings.